The van der Waals surface area contributed by atoms with E-state index in [2.05, 4.69) is 4.74 Å². The van der Waals surface area contributed by atoms with Crippen molar-refractivity contribution >= 4 is 0 Å². The minimum Gasteiger partial charge on any atom is -0.512 e. The van der Waals surface area contributed by atoms with Gasteiger partial charge in [-0.15, -0.1) is 0 Å². The van der Waals surface area contributed by atoms with Crippen molar-refractivity contribution in [3.8, 4) is 6.07 Å². The van der Waals surface area contributed by atoms with Crippen LogP contribution in [0.1, 0.15) is 13.8 Å². The maximum absolute atomic E-state index is 9.34. The molecule has 0 saturated heterocycles. The van der Waals surface area contributed by atoms with E-state index >= 15 is 0 Å². The van der Waals surface area contributed by atoms with Gasteiger partial charge in [0.2, 0.25) is 5.88 Å². The number of allylic oxidation sites excluding steroid dienone is 3. The molecule has 0 fully saturated rings. The molecule has 0 spiro atoms. The van der Waals surface area contributed by atoms with Gasteiger partial charge in [-0.1, -0.05) is 13.8 Å². The predicted molar refractivity (Wildman–Crippen MR) is 49.4 cm³/mol. The molecular weight excluding hydrogens is 168 g/mol. The number of rotatable bonds is 3. The van der Waals surface area contributed by atoms with Crippen molar-refractivity contribution in [1.82, 2.24) is 0 Å². The molecule has 0 amide bonds. The molecule has 0 atom stereocenters. The molecule has 13 heavy (non-hydrogen) atoms. The Labute approximate surface area is 77.9 Å². The highest BCUT2D eigenvalue weighted by Crippen LogP contribution is 2.10. The van der Waals surface area contributed by atoms with Gasteiger partial charge in [0.15, 0.2) is 0 Å². The molecule has 0 aliphatic heterocycles. The molecule has 0 heterocycles. The second-order valence-electron chi connectivity index (χ2n) is 2.82. The number of nitrogens with two attached hydrogens (primary N) is 1. The molecule has 0 aliphatic carbocycles. The normalized spacial score (nSPS) is 13.6. The van der Waals surface area contributed by atoms with Gasteiger partial charge in [-0.25, -0.2) is 0 Å². The fourth-order valence-electron chi connectivity index (χ4n) is 0.583. The summed E-state index contributed by atoms with van der Waals surface area (Å²) in [5.74, 6) is 0.0826. The Morgan fingerprint density at radius 3 is 2.46 bits per heavy atom. The third-order valence-electron chi connectivity index (χ3n) is 1.49. The summed E-state index contributed by atoms with van der Waals surface area (Å²) >= 11 is 0. The number of nitriles is 1. The zero-order valence-corrected chi connectivity index (χ0v) is 8.03. The molecule has 0 aromatic rings. The first-order valence-electron chi connectivity index (χ1n) is 3.87. The van der Waals surface area contributed by atoms with Crippen LogP contribution in [0.25, 0.3) is 0 Å². The van der Waals surface area contributed by atoms with Crippen LogP contribution >= 0.6 is 0 Å². The summed E-state index contributed by atoms with van der Waals surface area (Å²) in [5.41, 5.74) is 5.49. The zero-order valence-electron chi connectivity index (χ0n) is 8.03. The van der Waals surface area contributed by atoms with E-state index < -0.39 is 0 Å². The molecule has 3 N–H and O–H groups in total. The lowest BCUT2D eigenvalue weighted by molar-refractivity contribution is 0.284. The van der Waals surface area contributed by atoms with Crippen LogP contribution < -0.4 is 5.73 Å². The van der Waals surface area contributed by atoms with Crippen LogP contribution in [0.2, 0.25) is 0 Å². The summed E-state index contributed by atoms with van der Waals surface area (Å²) < 4.78 is 4.66. The average molecular weight is 182 g/mol. The van der Waals surface area contributed by atoms with E-state index in [1.807, 2.05) is 19.9 Å². The van der Waals surface area contributed by atoms with Crippen LogP contribution in [-0.4, -0.2) is 12.2 Å². The van der Waals surface area contributed by atoms with Gasteiger partial charge in [-0.3, -0.25) is 0 Å². The van der Waals surface area contributed by atoms with Gasteiger partial charge in [-0.05, 0) is 6.08 Å². The maximum atomic E-state index is 9.34. The first-order chi connectivity index (χ1) is 6.02. The molecule has 0 unspecified atom stereocenters. The largest absolute Gasteiger partial charge is 0.512 e. The van der Waals surface area contributed by atoms with E-state index in [0.717, 1.165) is 0 Å². The molecule has 4 heteroatoms. The number of nitrogens with zero attached hydrogens (tertiary/aromatic N) is 1. The van der Waals surface area contributed by atoms with Crippen molar-refractivity contribution in [2.45, 2.75) is 13.8 Å². The van der Waals surface area contributed by atoms with Crippen LogP contribution in [0, 0.1) is 17.2 Å². The van der Waals surface area contributed by atoms with Gasteiger partial charge in [-0.2, -0.15) is 5.26 Å². The summed E-state index contributed by atoms with van der Waals surface area (Å²) in [6.07, 6.45) is 1.31. The van der Waals surface area contributed by atoms with Gasteiger partial charge in [0.1, 0.15) is 11.6 Å². The fraction of sp³-hybridized carbons (Fsp3) is 0.444. The first kappa shape index (κ1) is 11.4. The number of aliphatic hydroxyl groups is 1. The Balaban J connectivity index is 4.87. The Morgan fingerprint density at radius 2 is 2.15 bits per heavy atom. The lowest BCUT2D eigenvalue weighted by Gasteiger charge is -2.04. The van der Waals surface area contributed by atoms with E-state index in [1.165, 1.54) is 13.2 Å². The fourth-order valence-corrected chi connectivity index (χ4v) is 0.583. The molecule has 0 aliphatic rings. The number of methoxy groups -OCH3 is 1. The molecular formula is C9H14N2O2. The number of ether oxygens (including phenoxy) is 1. The van der Waals surface area contributed by atoms with Crippen LogP contribution in [0.15, 0.2) is 23.3 Å². The Morgan fingerprint density at radius 1 is 1.62 bits per heavy atom. The summed E-state index contributed by atoms with van der Waals surface area (Å²) in [4.78, 5) is 0. The molecule has 72 valence electrons. The monoisotopic (exact) mass is 182 g/mol. The smallest absolute Gasteiger partial charge is 0.202 e. The Kier molecular flexibility index (Phi) is 4.45. The van der Waals surface area contributed by atoms with Crippen molar-refractivity contribution in [2.75, 3.05) is 7.11 Å². The number of hydrogen-bond donors (Lipinski definition) is 2. The lowest BCUT2D eigenvalue weighted by atomic mass is 10.1. The summed E-state index contributed by atoms with van der Waals surface area (Å²) in [6, 6.07) is 1.83. The minimum atomic E-state index is -0.0343. The first-order valence-corrected chi connectivity index (χ1v) is 3.87. The van der Waals surface area contributed by atoms with E-state index in [1.54, 1.807) is 0 Å². The third kappa shape index (κ3) is 3.52. The predicted octanol–water partition coefficient (Wildman–Crippen LogP) is 1.42. The number of aliphatic hydroxyl groups excluding tert-OH is 1. The minimum absolute atomic E-state index is 0.00898. The molecule has 0 aromatic carbocycles. The molecule has 0 radical (unpaired) electrons. The third-order valence-corrected chi connectivity index (χ3v) is 1.49. The highest BCUT2D eigenvalue weighted by atomic mass is 16.5. The van der Waals surface area contributed by atoms with Crippen LogP contribution in [0.5, 0.6) is 0 Å². The van der Waals surface area contributed by atoms with E-state index in [-0.39, 0.29) is 23.1 Å². The van der Waals surface area contributed by atoms with Crippen LogP contribution in [0.4, 0.5) is 0 Å². The Hall–Kier alpha value is -1.63. The lowest BCUT2D eigenvalue weighted by Crippen LogP contribution is -2.03. The van der Waals surface area contributed by atoms with Crippen molar-refractivity contribution in [2.24, 2.45) is 11.7 Å². The van der Waals surface area contributed by atoms with Crippen molar-refractivity contribution in [3.05, 3.63) is 23.3 Å². The maximum Gasteiger partial charge on any atom is 0.202 e. The second-order valence-corrected chi connectivity index (χ2v) is 2.82. The van der Waals surface area contributed by atoms with Gasteiger partial charge in [0, 0.05) is 5.92 Å². The SMILES string of the molecule is CO/C(N)=C(C#N)/C=C(/O)C(C)C. The molecule has 0 bridgehead atoms. The highest BCUT2D eigenvalue weighted by Gasteiger charge is 2.04. The molecule has 0 saturated carbocycles. The Bertz CT molecular complexity index is 272. The van der Waals surface area contributed by atoms with Crippen LogP contribution in [0.3, 0.4) is 0 Å². The van der Waals surface area contributed by atoms with Gasteiger partial charge in [0.05, 0.1) is 12.9 Å². The van der Waals surface area contributed by atoms with Gasteiger partial charge >= 0.3 is 0 Å². The van der Waals surface area contributed by atoms with Crippen molar-refractivity contribution < 1.29 is 9.84 Å². The van der Waals surface area contributed by atoms with Crippen molar-refractivity contribution in [3.63, 3.8) is 0 Å². The molecule has 0 rings (SSSR count). The zero-order chi connectivity index (χ0) is 10.4. The van der Waals surface area contributed by atoms with E-state index in [0.29, 0.717) is 0 Å². The van der Waals surface area contributed by atoms with Gasteiger partial charge in [0.25, 0.3) is 0 Å². The average Bonchev–Trinajstić information content (AvgIpc) is 2.12. The van der Waals surface area contributed by atoms with Crippen molar-refractivity contribution in [1.29, 1.82) is 5.26 Å². The molecule has 4 nitrogen and oxygen atoms in total. The van der Waals surface area contributed by atoms with Crippen LogP contribution in [-0.2, 0) is 4.74 Å². The quantitative estimate of drug-likeness (QED) is 0.393. The van der Waals surface area contributed by atoms with E-state index in [9.17, 15) is 5.11 Å². The highest BCUT2D eigenvalue weighted by molar-refractivity contribution is 5.35. The van der Waals surface area contributed by atoms with E-state index in [4.69, 9.17) is 11.0 Å². The standard InChI is InChI=1S/C9H14N2O2/c1-6(2)8(12)4-7(5-10)9(11)13-3/h4,6,12H,11H2,1-3H3/b8-4+,9-7-. The van der Waals surface area contributed by atoms with Gasteiger partial charge < -0.3 is 15.6 Å². The summed E-state index contributed by atoms with van der Waals surface area (Å²) in [5, 5.41) is 18.0. The topological polar surface area (TPSA) is 79.3 Å². The summed E-state index contributed by atoms with van der Waals surface area (Å²) in [6.45, 7) is 3.62. The summed E-state index contributed by atoms with van der Waals surface area (Å²) in [7, 11) is 1.37. The second kappa shape index (κ2) is 5.09. The number of hydrogen-bond acceptors (Lipinski definition) is 4. The molecule has 0 aromatic heterocycles.